The van der Waals surface area contributed by atoms with Gasteiger partial charge >= 0.3 is 5.97 Å². The van der Waals surface area contributed by atoms with E-state index >= 15 is 0 Å². The third kappa shape index (κ3) is 5.98. The predicted molar refractivity (Wildman–Crippen MR) is 105 cm³/mol. The third-order valence-corrected chi connectivity index (χ3v) is 3.66. The molecule has 1 aromatic heterocycles. The number of ether oxygens (including phenoxy) is 1. The van der Waals surface area contributed by atoms with Crippen LogP contribution < -0.4 is 11.1 Å². The Morgan fingerprint density at radius 1 is 1.38 bits per heavy atom. The topological polar surface area (TPSA) is 113 Å². The van der Waals surface area contributed by atoms with Crippen molar-refractivity contribution >= 4 is 23.3 Å². The van der Waals surface area contributed by atoms with Gasteiger partial charge in [0, 0.05) is 23.5 Å². The molecule has 1 heterocycles. The Balaban J connectivity index is 2.22. The highest BCUT2D eigenvalue weighted by Crippen LogP contribution is 2.19. The lowest BCUT2D eigenvalue weighted by molar-refractivity contribution is 0.0594. The Kier molecular flexibility index (Phi) is 7.21. The van der Waals surface area contributed by atoms with E-state index in [1.54, 1.807) is 13.0 Å². The monoisotopic (exact) mass is 405 g/mol. The summed E-state index contributed by atoms with van der Waals surface area (Å²) in [7, 11) is 1.25. The number of hydrogen-bond donors (Lipinski definition) is 3. The van der Waals surface area contributed by atoms with Crippen molar-refractivity contribution in [3.63, 3.8) is 0 Å². The number of nitrogens with zero attached hydrogens (tertiary/aromatic N) is 3. The van der Waals surface area contributed by atoms with Crippen LogP contribution in [0.5, 0.6) is 0 Å². The first-order chi connectivity index (χ1) is 13.7. The summed E-state index contributed by atoms with van der Waals surface area (Å²) in [6, 6.07) is 6.22. The molecule has 8 nitrogen and oxygen atoms in total. The third-order valence-electron chi connectivity index (χ3n) is 3.66. The molecule has 0 aliphatic rings. The summed E-state index contributed by atoms with van der Waals surface area (Å²) >= 11 is 0. The van der Waals surface area contributed by atoms with E-state index in [1.807, 2.05) is 0 Å². The van der Waals surface area contributed by atoms with Crippen molar-refractivity contribution < 1.29 is 23.4 Å². The summed E-state index contributed by atoms with van der Waals surface area (Å²) in [5, 5.41) is 17.8. The van der Waals surface area contributed by atoms with Gasteiger partial charge in [-0.2, -0.15) is 0 Å². The molecule has 1 aromatic carbocycles. The second-order valence-corrected chi connectivity index (χ2v) is 6.04. The maximum absolute atomic E-state index is 13.3. The zero-order valence-electron chi connectivity index (χ0n) is 15.9. The van der Waals surface area contributed by atoms with Crippen LogP contribution in [-0.2, 0) is 4.74 Å². The van der Waals surface area contributed by atoms with Crippen molar-refractivity contribution in [1.29, 1.82) is 0 Å². The van der Waals surface area contributed by atoms with E-state index < -0.39 is 23.7 Å². The van der Waals surface area contributed by atoms with Crippen LogP contribution in [0, 0.1) is 11.6 Å². The van der Waals surface area contributed by atoms with Gasteiger partial charge in [0.1, 0.15) is 5.69 Å². The molecule has 0 spiro atoms. The van der Waals surface area contributed by atoms with E-state index in [2.05, 4.69) is 26.7 Å². The quantitative estimate of drug-likeness (QED) is 0.280. The van der Waals surface area contributed by atoms with Gasteiger partial charge in [-0.3, -0.25) is 5.01 Å². The molecule has 0 bridgehead atoms. The standard InChI is InChI=1S/C19H21F2N5O3/c1-11(27)10-26(12(2)13-4-7-17(23-9-13)18(28)29-3)25-19(22)24-14-5-6-15(20)16(21)8-14/h4-9,11,27H,2,10H2,1,3H3,(H3,22,24,25)/t11-/m0/s1. The lowest BCUT2D eigenvalue weighted by atomic mass is 10.2. The van der Waals surface area contributed by atoms with Crippen molar-refractivity contribution in [2.45, 2.75) is 13.0 Å². The van der Waals surface area contributed by atoms with Gasteiger partial charge in [-0.15, -0.1) is 5.10 Å². The molecule has 0 saturated heterocycles. The number of rotatable bonds is 7. The molecule has 0 radical (unpaired) electrons. The molecule has 29 heavy (non-hydrogen) atoms. The summed E-state index contributed by atoms with van der Waals surface area (Å²) in [6.45, 7) is 5.51. The number of carbonyl (C=O) groups is 1. The van der Waals surface area contributed by atoms with Gasteiger partial charge in [0.15, 0.2) is 11.6 Å². The molecule has 4 N–H and O–H groups in total. The predicted octanol–water partition coefficient (Wildman–Crippen LogP) is 2.14. The number of hydrazone groups is 1. The first-order valence-electron chi connectivity index (χ1n) is 8.46. The van der Waals surface area contributed by atoms with E-state index in [4.69, 9.17) is 5.73 Å². The number of nitrogens with one attached hydrogen (secondary N) is 1. The van der Waals surface area contributed by atoms with Crippen LogP contribution in [0.3, 0.4) is 0 Å². The molecular formula is C19H21F2N5O3. The number of esters is 1. The minimum Gasteiger partial charge on any atom is -0.464 e. The SMILES string of the molecule is C=C(c1ccc(C(=O)OC)nc1)N(C[C@H](C)O)/N=C(\N)Nc1ccc(F)c(F)c1. The molecule has 0 amide bonds. The number of anilines is 1. The first-order valence-corrected chi connectivity index (χ1v) is 8.46. The average Bonchev–Trinajstić information content (AvgIpc) is 2.69. The van der Waals surface area contributed by atoms with Crippen LogP contribution in [0.4, 0.5) is 14.5 Å². The van der Waals surface area contributed by atoms with E-state index in [9.17, 15) is 18.7 Å². The second-order valence-electron chi connectivity index (χ2n) is 6.04. The zero-order valence-corrected chi connectivity index (χ0v) is 15.9. The van der Waals surface area contributed by atoms with Crippen LogP contribution in [-0.4, -0.2) is 46.8 Å². The van der Waals surface area contributed by atoms with Gasteiger partial charge in [0.2, 0.25) is 5.96 Å². The number of aromatic nitrogens is 1. The molecular weight excluding hydrogens is 384 g/mol. The molecule has 2 rings (SSSR count). The van der Waals surface area contributed by atoms with Gasteiger partial charge < -0.3 is 20.9 Å². The Labute approximate surface area is 166 Å². The zero-order chi connectivity index (χ0) is 21.6. The van der Waals surface area contributed by atoms with E-state index in [0.29, 0.717) is 11.3 Å². The van der Waals surface area contributed by atoms with E-state index in [0.717, 1.165) is 12.1 Å². The van der Waals surface area contributed by atoms with Crippen molar-refractivity contribution in [3.8, 4) is 0 Å². The summed E-state index contributed by atoms with van der Waals surface area (Å²) in [5.74, 6) is -2.75. The molecule has 0 unspecified atom stereocenters. The molecule has 1 atom stereocenters. The summed E-state index contributed by atoms with van der Waals surface area (Å²) in [5.41, 5.74) is 7.01. The van der Waals surface area contributed by atoms with Gasteiger partial charge in [-0.05, 0) is 31.2 Å². The summed E-state index contributed by atoms with van der Waals surface area (Å²) < 4.78 is 31.0. The number of halogens is 2. The lowest BCUT2D eigenvalue weighted by Gasteiger charge is -2.23. The number of carbonyl (C=O) groups excluding carboxylic acids is 1. The van der Waals surface area contributed by atoms with Crippen molar-refractivity contribution in [2.75, 3.05) is 19.0 Å². The number of hydrogen-bond acceptors (Lipinski definition) is 6. The van der Waals surface area contributed by atoms with Crippen molar-refractivity contribution in [1.82, 2.24) is 9.99 Å². The van der Waals surface area contributed by atoms with E-state index in [1.165, 1.54) is 30.4 Å². The highest BCUT2D eigenvalue weighted by Gasteiger charge is 2.15. The minimum absolute atomic E-state index is 0.0394. The summed E-state index contributed by atoms with van der Waals surface area (Å²) in [6.07, 6.45) is 0.617. The number of guanidine groups is 1. The second kappa shape index (κ2) is 9.60. The molecule has 10 heteroatoms. The maximum Gasteiger partial charge on any atom is 0.356 e. The lowest BCUT2D eigenvalue weighted by Crippen LogP contribution is -2.31. The average molecular weight is 405 g/mol. The molecule has 0 saturated carbocycles. The molecule has 0 fully saturated rings. The number of aliphatic hydroxyl groups is 1. The fourth-order valence-corrected chi connectivity index (χ4v) is 2.28. The fraction of sp³-hybridized carbons (Fsp3) is 0.211. The minimum atomic E-state index is -1.04. The van der Waals surface area contributed by atoms with Crippen LogP contribution in [0.1, 0.15) is 23.0 Å². The number of aliphatic hydroxyl groups excluding tert-OH is 1. The van der Waals surface area contributed by atoms with Gasteiger partial charge in [-0.1, -0.05) is 6.58 Å². The van der Waals surface area contributed by atoms with Gasteiger partial charge in [0.05, 0.1) is 25.5 Å². The van der Waals surface area contributed by atoms with Crippen molar-refractivity contribution in [2.24, 2.45) is 10.8 Å². The van der Waals surface area contributed by atoms with Gasteiger partial charge in [0.25, 0.3) is 0 Å². The highest BCUT2D eigenvalue weighted by atomic mass is 19.2. The Hall–Kier alpha value is -3.53. The molecule has 2 aromatic rings. The number of pyridine rings is 1. The number of methoxy groups -OCH3 is 1. The Bertz CT molecular complexity index is 917. The van der Waals surface area contributed by atoms with Gasteiger partial charge in [-0.25, -0.2) is 18.6 Å². The normalized spacial score (nSPS) is 12.2. The Morgan fingerprint density at radius 2 is 2.10 bits per heavy atom. The summed E-state index contributed by atoms with van der Waals surface area (Å²) in [4.78, 5) is 15.5. The Morgan fingerprint density at radius 3 is 2.66 bits per heavy atom. The van der Waals surface area contributed by atoms with Crippen LogP contribution in [0.2, 0.25) is 0 Å². The number of nitrogens with two attached hydrogens (primary N) is 1. The fourth-order valence-electron chi connectivity index (χ4n) is 2.28. The van der Waals surface area contributed by atoms with E-state index in [-0.39, 0.29) is 23.9 Å². The smallest absolute Gasteiger partial charge is 0.356 e. The molecule has 0 aliphatic heterocycles. The largest absolute Gasteiger partial charge is 0.464 e. The molecule has 154 valence electrons. The highest BCUT2D eigenvalue weighted by molar-refractivity contribution is 5.92. The van der Waals surface area contributed by atoms with Crippen LogP contribution >= 0.6 is 0 Å². The van der Waals surface area contributed by atoms with Crippen molar-refractivity contribution in [3.05, 3.63) is 66.0 Å². The first kappa shape index (κ1) is 21.8. The number of benzene rings is 1. The molecule has 0 aliphatic carbocycles. The maximum atomic E-state index is 13.3. The van der Waals surface area contributed by atoms with Crippen LogP contribution in [0.25, 0.3) is 5.70 Å². The van der Waals surface area contributed by atoms with Crippen LogP contribution in [0.15, 0.2) is 48.2 Å².